The van der Waals surface area contributed by atoms with Crippen LogP contribution in [0.25, 0.3) is 22.2 Å². The molecule has 4 amide bonds. The van der Waals surface area contributed by atoms with E-state index in [1.165, 1.54) is 31.5 Å². The standard InChI is InChI=1S/C34H37N13O5/c1-6-46-18(3)12-24(42-46)31(50)40-33-38-22-14-20(28(35)48)16-26(52-5)27(22)44(33)10-8-9-11-45-30-23(15-21(17-37-30)29(36)49)39-34(45)41-32(51)25-13-19(4)47(7-2)43-25/h8-9,12-17H,6-7,10-11H2,1-5H3,(H2,35,48)(H2,36,49)(H,38,40,50)(H,39,41,51)/b9-8+. The van der Waals surface area contributed by atoms with Gasteiger partial charge in [0, 0.05) is 49.3 Å². The molecule has 0 spiro atoms. The predicted octanol–water partition coefficient (Wildman–Crippen LogP) is 2.80. The van der Waals surface area contributed by atoms with Crippen LogP contribution >= 0.6 is 0 Å². The molecular weight excluding hydrogens is 670 g/mol. The summed E-state index contributed by atoms with van der Waals surface area (Å²) in [5.74, 6) is -1.62. The van der Waals surface area contributed by atoms with Gasteiger partial charge in [0.1, 0.15) is 16.8 Å². The van der Waals surface area contributed by atoms with E-state index in [2.05, 4.69) is 35.8 Å². The average molecular weight is 708 g/mol. The molecular formula is C34H37N13O5. The van der Waals surface area contributed by atoms with E-state index in [0.29, 0.717) is 41.0 Å². The molecule has 6 rings (SSSR count). The number of nitrogens with zero attached hydrogens (tertiary/aromatic N) is 9. The maximum absolute atomic E-state index is 13.3. The number of pyridine rings is 1. The second-order valence-electron chi connectivity index (χ2n) is 11.8. The highest BCUT2D eigenvalue weighted by Gasteiger charge is 2.22. The van der Waals surface area contributed by atoms with Gasteiger partial charge in [0.2, 0.25) is 23.7 Å². The number of nitrogens with two attached hydrogens (primary N) is 2. The van der Waals surface area contributed by atoms with Crippen molar-refractivity contribution < 1.29 is 23.9 Å². The van der Waals surface area contributed by atoms with E-state index in [9.17, 15) is 19.2 Å². The van der Waals surface area contributed by atoms with E-state index in [-0.39, 0.29) is 47.5 Å². The molecule has 0 bridgehead atoms. The third-order valence-corrected chi connectivity index (χ3v) is 8.40. The van der Waals surface area contributed by atoms with Crippen molar-refractivity contribution in [1.82, 2.24) is 43.6 Å². The number of ether oxygens (including phenoxy) is 1. The Morgan fingerprint density at radius 2 is 1.27 bits per heavy atom. The number of aromatic nitrogens is 9. The van der Waals surface area contributed by atoms with Crippen LogP contribution in [0.15, 0.2) is 48.7 Å². The first-order valence-electron chi connectivity index (χ1n) is 16.3. The average Bonchev–Trinajstić information content (AvgIpc) is 3.88. The van der Waals surface area contributed by atoms with E-state index in [1.54, 1.807) is 30.6 Å². The van der Waals surface area contributed by atoms with Crippen LogP contribution in [0.3, 0.4) is 0 Å². The Morgan fingerprint density at radius 3 is 1.79 bits per heavy atom. The van der Waals surface area contributed by atoms with E-state index in [0.717, 1.165) is 11.4 Å². The summed E-state index contributed by atoms with van der Waals surface area (Å²) in [4.78, 5) is 64.1. The van der Waals surface area contributed by atoms with Crippen LogP contribution in [-0.2, 0) is 26.2 Å². The number of hydrogen-bond donors (Lipinski definition) is 4. The third kappa shape index (κ3) is 6.68. The monoisotopic (exact) mass is 707 g/mol. The molecule has 0 saturated heterocycles. The minimum absolute atomic E-state index is 0.162. The maximum atomic E-state index is 13.3. The fourth-order valence-electron chi connectivity index (χ4n) is 5.79. The Balaban J connectivity index is 1.34. The molecule has 5 heterocycles. The van der Waals surface area contributed by atoms with Crippen molar-refractivity contribution in [1.29, 1.82) is 0 Å². The molecule has 0 atom stereocenters. The van der Waals surface area contributed by atoms with Crippen molar-refractivity contribution >= 4 is 57.7 Å². The van der Waals surface area contributed by atoms with Crippen molar-refractivity contribution in [3.05, 3.63) is 82.6 Å². The van der Waals surface area contributed by atoms with Gasteiger partial charge in [-0.1, -0.05) is 12.2 Å². The van der Waals surface area contributed by atoms with Crippen molar-refractivity contribution in [3.8, 4) is 5.75 Å². The molecule has 0 aliphatic heterocycles. The van der Waals surface area contributed by atoms with Gasteiger partial charge >= 0.3 is 0 Å². The van der Waals surface area contributed by atoms with E-state index in [1.807, 2.05) is 39.8 Å². The van der Waals surface area contributed by atoms with Gasteiger partial charge in [-0.05, 0) is 58.0 Å². The largest absolute Gasteiger partial charge is 0.494 e. The van der Waals surface area contributed by atoms with Gasteiger partial charge in [-0.3, -0.25) is 43.7 Å². The van der Waals surface area contributed by atoms with Gasteiger partial charge in [-0.15, -0.1) is 0 Å². The summed E-state index contributed by atoms with van der Waals surface area (Å²) in [7, 11) is 1.45. The zero-order chi connectivity index (χ0) is 37.3. The Morgan fingerprint density at radius 1 is 0.750 bits per heavy atom. The number of nitrogens with one attached hydrogen (secondary N) is 2. The van der Waals surface area contributed by atoms with Crippen molar-refractivity contribution in [2.45, 2.75) is 53.9 Å². The summed E-state index contributed by atoms with van der Waals surface area (Å²) in [6, 6.07) is 7.89. The first kappa shape index (κ1) is 35.0. The number of carbonyl (C=O) groups is 4. The highest BCUT2D eigenvalue weighted by molar-refractivity contribution is 6.04. The lowest BCUT2D eigenvalue weighted by Gasteiger charge is -2.11. The Labute approximate surface area is 296 Å². The molecule has 52 heavy (non-hydrogen) atoms. The number of rotatable bonds is 13. The smallest absolute Gasteiger partial charge is 0.278 e. The maximum Gasteiger partial charge on any atom is 0.278 e. The second kappa shape index (κ2) is 14.2. The molecule has 0 fully saturated rings. The molecule has 6 N–H and O–H groups in total. The van der Waals surface area contributed by atoms with Crippen molar-refractivity contribution in [2.75, 3.05) is 17.7 Å². The molecule has 268 valence electrons. The first-order valence-corrected chi connectivity index (χ1v) is 16.3. The molecule has 5 aromatic heterocycles. The zero-order valence-electron chi connectivity index (χ0n) is 29.2. The minimum atomic E-state index is -0.669. The van der Waals surface area contributed by atoms with Crippen LogP contribution in [-0.4, -0.2) is 74.4 Å². The number of primary amides is 2. The number of methoxy groups -OCH3 is 1. The topological polar surface area (TPSA) is 238 Å². The number of carbonyl (C=O) groups excluding carboxylic acids is 4. The van der Waals surface area contributed by atoms with Crippen molar-refractivity contribution in [3.63, 3.8) is 0 Å². The Hall–Kier alpha value is -6.85. The molecule has 0 aliphatic rings. The highest BCUT2D eigenvalue weighted by atomic mass is 16.5. The van der Waals surface area contributed by atoms with Crippen LogP contribution < -0.4 is 26.8 Å². The first-order chi connectivity index (χ1) is 24.9. The van der Waals surface area contributed by atoms with Gasteiger partial charge in [0.25, 0.3) is 11.8 Å². The minimum Gasteiger partial charge on any atom is -0.494 e. The highest BCUT2D eigenvalue weighted by Crippen LogP contribution is 2.31. The van der Waals surface area contributed by atoms with Crippen LogP contribution in [0, 0.1) is 13.8 Å². The predicted molar refractivity (Wildman–Crippen MR) is 191 cm³/mol. The van der Waals surface area contributed by atoms with Gasteiger partial charge in [0.15, 0.2) is 17.0 Å². The van der Waals surface area contributed by atoms with Crippen LogP contribution in [0.4, 0.5) is 11.9 Å². The lowest BCUT2D eigenvalue weighted by atomic mass is 10.1. The number of anilines is 2. The second-order valence-corrected chi connectivity index (χ2v) is 11.8. The fourth-order valence-corrected chi connectivity index (χ4v) is 5.79. The molecule has 1 aromatic carbocycles. The molecule has 0 aliphatic carbocycles. The number of amides is 4. The van der Waals surface area contributed by atoms with E-state index >= 15 is 0 Å². The van der Waals surface area contributed by atoms with Crippen LogP contribution in [0.1, 0.15) is 66.9 Å². The molecule has 0 radical (unpaired) electrons. The van der Waals surface area contributed by atoms with Gasteiger partial charge < -0.3 is 20.8 Å². The van der Waals surface area contributed by atoms with E-state index in [4.69, 9.17) is 16.2 Å². The summed E-state index contributed by atoms with van der Waals surface area (Å²) >= 11 is 0. The van der Waals surface area contributed by atoms with Gasteiger partial charge in [0.05, 0.1) is 18.2 Å². The lowest BCUT2D eigenvalue weighted by molar-refractivity contribution is 0.0991. The number of hydrogen-bond acceptors (Lipinski definition) is 10. The Bertz CT molecular complexity index is 2410. The molecule has 18 heteroatoms. The lowest BCUT2D eigenvalue weighted by Crippen LogP contribution is -2.17. The van der Waals surface area contributed by atoms with Crippen LogP contribution in [0.5, 0.6) is 5.75 Å². The number of imidazole rings is 2. The number of aryl methyl sites for hydroxylation is 4. The summed E-state index contributed by atoms with van der Waals surface area (Å²) < 4.78 is 12.4. The SMILES string of the molecule is CCn1nc(C(=O)Nc2nc3cc(C(N)=O)cnc3n2C/C=C/Cn2c(NC(=O)c3cc(C)n(CC)n3)nc3cc(C(N)=O)cc(OC)c32)cc1C. The normalized spacial score (nSPS) is 11.5. The molecule has 18 nitrogen and oxygen atoms in total. The number of allylic oxidation sites excluding steroid dienone is 2. The third-order valence-electron chi connectivity index (χ3n) is 8.40. The molecule has 6 aromatic rings. The molecule has 0 unspecified atom stereocenters. The number of fused-ring (bicyclic) bond motifs is 2. The van der Waals surface area contributed by atoms with Crippen LogP contribution in [0.2, 0.25) is 0 Å². The van der Waals surface area contributed by atoms with E-state index < -0.39 is 23.6 Å². The summed E-state index contributed by atoms with van der Waals surface area (Å²) in [6.45, 7) is 9.13. The summed E-state index contributed by atoms with van der Waals surface area (Å²) in [5, 5.41) is 14.4. The summed E-state index contributed by atoms with van der Waals surface area (Å²) in [5.41, 5.74) is 15.1. The zero-order valence-corrected chi connectivity index (χ0v) is 29.2. The quantitative estimate of drug-likeness (QED) is 0.128. The molecule has 0 saturated carbocycles. The van der Waals surface area contributed by atoms with Crippen molar-refractivity contribution in [2.24, 2.45) is 11.5 Å². The fraction of sp³-hybridized carbons (Fsp3) is 0.265. The number of benzene rings is 1. The van der Waals surface area contributed by atoms with Gasteiger partial charge in [-0.25, -0.2) is 15.0 Å². The van der Waals surface area contributed by atoms with Gasteiger partial charge in [-0.2, -0.15) is 10.2 Å². The Kier molecular flexibility index (Phi) is 9.54. The summed E-state index contributed by atoms with van der Waals surface area (Å²) in [6.07, 6.45) is 4.97.